The van der Waals surface area contributed by atoms with Crippen molar-refractivity contribution in [3.63, 3.8) is 0 Å². The van der Waals surface area contributed by atoms with Crippen LogP contribution in [0.3, 0.4) is 0 Å². The van der Waals surface area contributed by atoms with E-state index in [1.165, 1.54) is 5.56 Å². The molecule has 2 aromatic heterocycles. The number of hydrogen-bond acceptors (Lipinski definition) is 7. The van der Waals surface area contributed by atoms with E-state index in [9.17, 15) is 4.79 Å². The Hall–Kier alpha value is -2.58. The molecule has 3 aliphatic heterocycles. The first-order valence-corrected chi connectivity index (χ1v) is 12.6. The van der Waals surface area contributed by atoms with Crippen LogP contribution in [0.4, 0.5) is 5.95 Å². The number of amides is 1. The third-order valence-electron chi connectivity index (χ3n) is 7.64. The number of aryl methyl sites for hydroxylation is 1. The highest BCUT2D eigenvalue weighted by atomic mass is 16.5. The minimum absolute atomic E-state index is 0.0244. The molecule has 0 aliphatic carbocycles. The van der Waals surface area contributed by atoms with Crippen LogP contribution in [0.2, 0.25) is 0 Å². The fourth-order valence-electron chi connectivity index (χ4n) is 5.64. The van der Waals surface area contributed by atoms with E-state index in [1.807, 2.05) is 19.3 Å². The number of nitrogens with zero attached hydrogens (tertiary/aromatic N) is 5. The van der Waals surface area contributed by atoms with Crippen LogP contribution in [0.25, 0.3) is 0 Å². The Bertz CT molecular complexity index is 1020. The molecule has 0 radical (unpaired) electrons. The second-order valence-electron chi connectivity index (χ2n) is 10.2. The molecule has 1 N–H and O–H groups in total. The molecule has 182 valence electrons. The number of rotatable bonds is 4. The number of aromatic nitrogens is 3. The first kappa shape index (κ1) is 23.2. The van der Waals surface area contributed by atoms with E-state index in [-0.39, 0.29) is 23.8 Å². The Balaban J connectivity index is 1.35. The molecule has 1 amide bonds. The van der Waals surface area contributed by atoms with E-state index >= 15 is 0 Å². The predicted molar refractivity (Wildman–Crippen MR) is 131 cm³/mol. The summed E-state index contributed by atoms with van der Waals surface area (Å²) in [6.45, 7) is 8.10. The third kappa shape index (κ3) is 4.93. The zero-order valence-electron chi connectivity index (χ0n) is 20.5. The minimum atomic E-state index is -0.0244. The summed E-state index contributed by atoms with van der Waals surface area (Å²) in [7, 11) is 2.14. The number of piperidine rings is 1. The van der Waals surface area contributed by atoms with Crippen molar-refractivity contribution in [2.75, 3.05) is 38.7 Å². The Morgan fingerprint density at radius 3 is 2.82 bits per heavy atom. The highest BCUT2D eigenvalue weighted by molar-refractivity contribution is 5.80. The molecule has 3 atom stereocenters. The number of hydrogen-bond donors (Lipinski definition) is 1. The van der Waals surface area contributed by atoms with Gasteiger partial charge in [-0.25, -0.2) is 9.97 Å². The fourth-order valence-corrected chi connectivity index (χ4v) is 5.64. The summed E-state index contributed by atoms with van der Waals surface area (Å²) in [6, 6.07) is 4.70. The third-order valence-corrected chi connectivity index (χ3v) is 7.64. The second kappa shape index (κ2) is 9.96. The smallest absolute Gasteiger partial charge is 0.227 e. The van der Waals surface area contributed by atoms with Crippen molar-refractivity contribution >= 4 is 11.9 Å². The van der Waals surface area contributed by atoms with E-state index in [0.717, 1.165) is 68.9 Å². The molecule has 2 aromatic rings. The SMILES string of the molecule is Cc1cc([C@H]2CN(C)CC[C@@H]2C(=O)N2Cc3nc(NC4CCOCC4)ncc3C[C@H]2C)ccn1. The van der Waals surface area contributed by atoms with E-state index in [0.29, 0.717) is 18.5 Å². The number of anilines is 1. The molecule has 0 bridgehead atoms. The number of fused-ring (bicyclic) bond motifs is 1. The quantitative estimate of drug-likeness (QED) is 0.745. The van der Waals surface area contributed by atoms with Gasteiger partial charge >= 0.3 is 0 Å². The molecule has 8 nitrogen and oxygen atoms in total. The standard InChI is InChI=1S/C26H36N6O2/c1-17-12-19(4-8-27-17)23-15-31(3)9-5-22(23)25(33)32-16-24-20(13-18(32)2)14-28-26(30-24)29-21-6-10-34-11-7-21/h4,8,12,14,18,21-23H,5-7,9-11,13,15-16H2,1-3H3,(H,28,29,30)/t18-,22+,23-/m1/s1. The summed E-state index contributed by atoms with van der Waals surface area (Å²) < 4.78 is 5.46. The van der Waals surface area contributed by atoms with Crippen LogP contribution in [-0.4, -0.2) is 76.1 Å². The van der Waals surface area contributed by atoms with E-state index in [1.54, 1.807) is 0 Å². The average molecular weight is 465 g/mol. The molecule has 2 fully saturated rings. The zero-order valence-corrected chi connectivity index (χ0v) is 20.5. The van der Waals surface area contributed by atoms with Gasteiger partial charge in [0, 0.05) is 61.8 Å². The molecular formula is C26H36N6O2. The van der Waals surface area contributed by atoms with Crippen LogP contribution in [0.5, 0.6) is 0 Å². The molecule has 0 saturated carbocycles. The van der Waals surface area contributed by atoms with Crippen LogP contribution in [0.15, 0.2) is 24.5 Å². The number of pyridine rings is 1. The lowest BCUT2D eigenvalue weighted by Gasteiger charge is -2.42. The molecule has 34 heavy (non-hydrogen) atoms. The Morgan fingerprint density at radius 1 is 1.21 bits per heavy atom. The number of carbonyl (C=O) groups is 1. The first-order valence-electron chi connectivity index (χ1n) is 12.6. The van der Waals surface area contributed by atoms with Crippen molar-refractivity contribution in [3.8, 4) is 0 Å². The maximum atomic E-state index is 14.0. The zero-order chi connectivity index (χ0) is 23.7. The minimum Gasteiger partial charge on any atom is -0.381 e. The number of likely N-dealkylation sites (tertiary alicyclic amines) is 1. The van der Waals surface area contributed by atoms with Gasteiger partial charge in [0.05, 0.1) is 12.2 Å². The van der Waals surface area contributed by atoms with Crippen molar-refractivity contribution in [2.24, 2.45) is 5.92 Å². The summed E-state index contributed by atoms with van der Waals surface area (Å²) >= 11 is 0. The molecule has 5 rings (SSSR count). The molecule has 0 aromatic carbocycles. The summed E-state index contributed by atoms with van der Waals surface area (Å²) in [5.41, 5.74) is 4.34. The van der Waals surface area contributed by atoms with Crippen molar-refractivity contribution in [2.45, 2.75) is 64.1 Å². The number of carbonyl (C=O) groups excluding carboxylic acids is 1. The number of nitrogens with one attached hydrogen (secondary N) is 1. The molecule has 3 aliphatic rings. The molecule has 5 heterocycles. The predicted octanol–water partition coefficient (Wildman–Crippen LogP) is 2.78. The second-order valence-corrected chi connectivity index (χ2v) is 10.2. The first-order chi connectivity index (χ1) is 16.5. The van der Waals surface area contributed by atoms with Gasteiger partial charge in [0.25, 0.3) is 0 Å². The van der Waals surface area contributed by atoms with Crippen LogP contribution in [0, 0.1) is 12.8 Å². The van der Waals surface area contributed by atoms with Crippen LogP contribution >= 0.6 is 0 Å². The normalized spacial score (nSPS) is 26.2. The van der Waals surface area contributed by atoms with Gasteiger partial charge in [0.15, 0.2) is 0 Å². The van der Waals surface area contributed by atoms with E-state index < -0.39 is 0 Å². The van der Waals surface area contributed by atoms with E-state index in [4.69, 9.17) is 9.72 Å². The lowest BCUT2D eigenvalue weighted by atomic mass is 9.79. The van der Waals surface area contributed by atoms with Crippen molar-refractivity contribution in [1.29, 1.82) is 0 Å². The van der Waals surface area contributed by atoms with Gasteiger partial charge in [-0.3, -0.25) is 9.78 Å². The molecule has 8 heteroatoms. The Morgan fingerprint density at radius 2 is 2.03 bits per heavy atom. The molecule has 0 unspecified atom stereocenters. The van der Waals surface area contributed by atoms with Gasteiger partial charge in [-0.05, 0) is 76.4 Å². The lowest BCUT2D eigenvalue weighted by molar-refractivity contribution is -0.141. The maximum Gasteiger partial charge on any atom is 0.227 e. The Labute approximate surface area is 202 Å². The molecule has 2 saturated heterocycles. The highest BCUT2D eigenvalue weighted by Crippen LogP contribution is 2.35. The topological polar surface area (TPSA) is 83.5 Å². The summed E-state index contributed by atoms with van der Waals surface area (Å²) in [5, 5.41) is 3.47. The largest absolute Gasteiger partial charge is 0.381 e. The molecule has 0 spiro atoms. The van der Waals surface area contributed by atoms with Crippen molar-refractivity contribution in [3.05, 3.63) is 47.0 Å². The summed E-state index contributed by atoms with van der Waals surface area (Å²) in [6.07, 6.45) is 7.41. The van der Waals surface area contributed by atoms with Crippen LogP contribution < -0.4 is 5.32 Å². The van der Waals surface area contributed by atoms with Crippen molar-refractivity contribution in [1.82, 2.24) is 24.8 Å². The van der Waals surface area contributed by atoms with E-state index in [2.05, 4.69) is 51.2 Å². The van der Waals surface area contributed by atoms with Gasteiger partial charge in [0.2, 0.25) is 11.9 Å². The maximum absolute atomic E-state index is 14.0. The Kier molecular flexibility index (Phi) is 6.79. The van der Waals surface area contributed by atoms with Crippen LogP contribution in [-0.2, 0) is 22.5 Å². The van der Waals surface area contributed by atoms with Crippen LogP contribution in [0.1, 0.15) is 54.6 Å². The monoisotopic (exact) mass is 464 g/mol. The lowest BCUT2D eigenvalue weighted by Crippen LogP contribution is -2.50. The highest BCUT2D eigenvalue weighted by Gasteiger charge is 2.39. The van der Waals surface area contributed by atoms with Crippen molar-refractivity contribution < 1.29 is 9.53 Å². The van der Waals surface area contributed by atoms with Gasteiger partial charge in [0.1, 0.15) is 0 Å². The fraction of sp³-hybridized carbons (Fsp3) is 0.615. The average Bonchev–Trinajstić information content (AvgIpc) is 2.84. The summed E-state index contributed by atoms with van der Waals surface area (Å²) in [4.78, 5) is 32.1. The number of ether oxygens (including phenoxy) is 1. The summed E-state index contributed by atoms with van der Waals surface area (Å²) in [5.74, 6) is 1.07. The molecular weight excluding hydrogens is 428 g/mol. The number of likely N-dealkylation sites (N-methyl/N-ethyl adjacent to an activating group) is 1. The van der Waals surface area contributed by atoms with Gasteiger partial charge in [-0.1, -0.05) is 0 Å². The van der Waals surface area contributed by atoms with Gasteiger partial charge < -0.3 is 19.9 Å². The van der Waals surface area contributed by atoms with Gasteiger partial charge in [-0.2, -0.15) is 0 Å². The van der Waals surface area contributed by atoms with Gasteiger partial charge in [-0.15, -0.1) is 0 Å².